The van der Waals surface area contributed by atoms with Crippen LogP contribution in [0.4, 0.5) is 0 Å². The molecule has 146 valence electrons. The molecular weight excluding hydrogens is 340 g/mol. The molecule has 1 aliphatic heterocycles. The Balaban J connectivity index is 2.16. The van der Waals surface area contributed by atoms with Gasteiger partial charge in [-0.05, 0) is 50.2 Å². The number of hydrogen-bond acceptors (Lipinski definition) is 4. The summed E-state index contributed by atoms with van der Waals surface area (Å²) >= 11 is 0. The van der Waals surface area contributed by atoms with Crippen molar-refractivity contribution in [1.82, 2.24) is 0 Å². The molecule has 0 aromatic heterocycles. The van der Waals surface area contributed by atoms with Crippen LogP contribution < -0.4 is 4.74 Å². The van der Waals surface area contributed by atoms with E-state index in [9.17, 15) is 9.90 Å². The molecule has 2 atom stereocenters. The van der Waals surface area contributed by atoms with Gasteiger partial charge in [0.25, 0.3) is 0 Å². The number of methoxy groups -OCH3 is 1. The zero-order chi connectivity index (χ0) is 19.6. The van der Waals surface area contributed by atoms with Gasteiger partial charge >= 0.3 is 5.97 Å². The molecule has 27 heavy (non-hydrogen) atoms. The zero-order valence-electron chi connectivity index (χ0n) is 16.6. The summed E-state index contributed by atoms with van der Waals surface area (Å²) in [6, 6.07) is 1.92. The van der Waals surface area contributed by atoms with Gasteiger partial charge in [0, 0.05) is 17.9 Å². The molecule has 0 radical (unpaired) electrons. The van der Waals surface area contributed by atoms with E-state index in [1.54, 1.807) is 0 Å². The Hall–Kier alpha value is -2.23. The number of hydrogen-bond donors (Lipinski definition) is 1. The number of aromatic hydroxyl groups is 1. The van der Waals surface area contributed by atoms with Crippen LogP contribution in [0.3, 0.4) is 0 Å². The van der Waals surface area contributed by atoms with Crippen LogP contribution in [-0.2, 0) is 11.2 Å². The van der Waals surface area contributed by atoms with Crippen LogP contribution in [0.1, 0.15) is 79.8 Å². The fourth-order valence-electron chi connectivity index (χ4n) is 4.37. The number of carbonyl (C=O) groups excluding carboxylic acids is 1. The summed E-state index contributed by atoms with van der Waals surface area (Å²) in [6.07, 6.45) is 8.87. The fraction of sp³-hybridized carbons (Fsp3) is 0.522. The molecule has 0 saturated heterocycles. The maximum absolute atomic E-state index is 12.5. The molecule has 0 spiro atoms. The minimum atomic E-state index is -0.488. The lowest BCUT2D eigenvalue weighted by Crippen LogP contribution is -2.16. The highest BCUT2D eigenvalue weighted by molar-refractivity contribution is 5.95. The summed E-state index contributed by atoms with van der Waals surface area (Å²) in [5.74, 6) is 1.24. The Morgan fingerprint density at radius 2 is 2.19 bits per heavy atom. The Labute approximate surface area is 161 Å². The average Bonchev–Trinajstić information content (AvgIpc) is 2.76. The van der Waals surface area contributed by atoms with Crippen LogP contribution in [0, 0.1) is 5.92 Å². The second-order valence-electron chi connectivity index (χ2n) is 7.80. The van der Waals surface area contributed by atoms with E-state index in [1.807, 2.05) is 6.07 Å². The maximum Gasteiger partial charge on any atom is 0.341 e. The second-order valence-corrected chi connectivity index (χ2v) is 7.80. The van der Waals surface area contributed by atoms with Crippen molar-refractivity contribution in [2.45, 2.75) is 64.7 Å². The van der Waals surface area contributed by atoms with Crippen LogP contribution in [0.15, 0.2) is 30.1 Å². The van der Waals surface area contributed by atoms with Gasteiger partial charge in [-0.25, -0.2) is 4.79 Å². The van der Waals surface area contributed by atoms with Crippen molar-refractivity contribution in [2.24, 2.45) is 5.92 Å². The molecular formula is C23H30O4. The first-order valence-electron chi connectivity index (χ1n) is 9.96. The summed E-state index contributed by atoms with van der Waals surface area (Å²) in [4.78, 5) is 12.5. The van der Waals surface area contributed by atoms with E-state index in [-0.39, 0.29) is 11.7 Å². The predicted octanol–water partition coefficient (Wildman–Crippen LogP) is 5.65. The Morgan fingerprint density at radius 3 is 2.89 bits per heavy atom. The van der Waals surface area contributed by atoms with Gasteiger partial charge < -0.3 is 14.6 Å². The summed E-state index contributed by atoms with van der Waals surface area (Å²) in [7, 11) is 1.36. The Bertz CT molecular complexity index is 775. The van der Waals surface area contributed by atoms with Crippen molar-refractivity contribution in [3.05, 3.63) is 46.7 Å². The standard InChI is InChI=1S/C23H30O4/c1-5-6-7-8-17-13-19-21(22(24)20(17)23(25)26-4)18-11-14(2)9-10-16(18)12-15(3)27-19/h11,13,16,18,24H,3,5-10,12H2,1-2,4H3/t16-,18+/m0/s1. The normalized spacial score (nSPS) is 21.4. The van der Waals surface area contributed by atoms with Crippen molar-refractivity contribution >= 4 is 5.97 Å². The number of benzene rings is 1. The first kappa shape index (κ1) is 19.5. The summed E-state index contributed by atoms with van der Waals surface area (Å²) in [5, 5.41) is 11.2. The highest BCUT2D eigenvalue weighted by Gasteiger charge is 2.36. The fourth-order valence-corrected chi connectivity index (χ4v) is 4.37. The lowest BCUT2D eigenvalue weighted by Gasteiger charge is -2.29. The smallest absolute Gasteiger partial charge is 0.341 e. The highest BCUT2D eigenvalue weighted by Crippen LogP contribution is 2.50. The summed E-state index contributed by atoms with van der Waals surface area (Å²) in [5.41, 5.74) is 3.09. The van der Waals surface area contributed by atoms with Gasteiger partial charge in [-0.2, -0.15) is 0 Å². The van der Waals surface area contributed by atoms with Crippen LogP contribution in [0.25, 0.3) is 0 Å². The van der Waals surface area contributed by atoms with Gasteiger partial charge in [-0.1, -0.05) is 38.0 Å². The first-order chi connectivity index (χ1) is 13.0. The van der Waals surface area contributed by atoms with Crippen molar-refractivity contribution in [2.75, 3.05) is 7.11 Å². The highest BCUT2D eigenvalue weighted by atomic mass is 16.5. The van der Waals surface area contributed by atoms with Crippen molar-refractivity contribution in [1.29, 1.82) is 0 Å². The number of allylic oxidation sites excluding steroid dienone is 3. The molecule has 2 aliphatic rings. The molecule has 1 heterocycles. The minimum absolute atomic E-state index is 0.0153. The number of aryl methyl sites for hydroxylation is 1. The van der Waals surface area contributed by atoms with Crippen LogP contribution >= 0.6 is 0 Å². The number of phenolic OH excluding ortho intramolecular Hbond substituents is 1. The van der Waals surface area contributed by atoms with Gasteiger partial charge in [0.2, 0.25) is 0 Å². The molecule has 0 bridgehead atoms. The Kier molecular flexibility index (Phi) is 5.93. The number of rotatable bonds is 5. The largest absolute Gasteiger partial charge is 0.507 e. The van der Waals surface area contributed by atoms with Gasteiger partial charge in [0.1, 0.15) is 17.1 Å². The number of esters is 1. The minimum Gasteiger partial charge on any atom is -0.507 e. The second kappa shape index (κ2) is 8.20. The van der Waals surface area contributed by atoms with Gasteiger partial charge in [0.15, 0.2) is 0 Å². The van der Waals surface area contributed by atoms with Gasteiger partial charge in [0.05, 0.1) is 12.9 Å². The number of ether oxygens (including phenoxy) is 2. The monoisotopic (exact) mass is 370 g/mol. The molecule has 4 heteroatoms. The van der Waals surface area contributed by atoms with Crippen LogP contribution in [0.5, 0.6) is 11.5 Å². The van der Waals surface area contributed by atoms with E-state index in [1.165, 1.54) is 12.7 Å². The number of unbranched alkanes of at least 4 members (excludes halogenated alkanes) is 2. The third kappa shape index (κ3) is 3.90. The van der Waals surface area contributed by atoms with E-state index >= 15 is 0 Å². The van der Waals surface area contributed by atoms with Crippen molar-refractivity contribution in [3.63, 3.8) is 0 Å². The molecule has 0 saturated carbocycles. The molecule has 3 rings (SSSR count). The number of carbonyl (C=O) groups is 1. The van der Waals surface area contributed by atoms with Gasteiger partial charge in [-0.3, -0.25) is 0 Å². The van der Waals surface area contributed by atoms with E-state index in [4.69, 9.17) is 9.47 Å². The zero-order valence-corrected chi connectivity index (χ0v) is 16.6. The van der Waals surface area contributed by atoms with E-state index in [2.05, 4.69) is 26.5 Å². The van der Waals surface area contributed by atoms with Crippen LogP contribution in [-0.4, -0.2) is 18.2 Å². The lowest BCUT2D eigenvalue weighted by molar-refractivity contribution is 0.0595. The van der Waals surface area contributed by atoms with Crippen LogP contribution in [0.2, 0.25) is 0 Å². The van der Waals surface area contributed by atoms with E-state index in [0.717, 1.165) is 49.8 Å². The average molecular weight is 370 g/mol. The number of fused-ring (bicyclic) bond motifs is 3. The lowest BCUT2D eigenvalue weighted by atomic mass is 9.74. The molecule has 4 nitrogen and oxygen atoms in total. The Morgan fingerprint density at radius 1 is 1.41 bits per heavy atom. The van der Waals surface area contributed by atoms with E-state index in [0.29, 0.717) is 29.2 Å². The maximum atomic E-state index is 12.5. The molecule has 0 amide bonds. The third-order valence-corrected chi connectivity index (χ3v) is 5.78. The third-order valence-electron chi connectivity index (χ3n) is 5.78. The molecule has 0 fully saturated rings. The van der Waals surface area contributed by atoms with Crippen molar-refractivity contribution < 1.29 is 19.4 Å². The number of phenols is 1. The van der Waals surface area contributed by atoms with Crippen molar-refractivity contribution in [3.8, 4) is 11.5 Å². The summed E-state index contributed by atoms with van der Waals surface area (Å²) in [6.45, 7) is 8.33. The summed E-state index contributed by atoms with van der Waals surface area (Å²) < 4.78 is 11.0. The quantitative estimate of drug-likeness (QED) is 0.413. The predicted molar refractivity (Wildman–Crippen MR) is 106 cm³/mol. The van der Waals surface area contributed by atoms with Gasteiger partial charge in [-0.15, -0.1) is 0 Å². The molecule has 1 aromatic carbocycles. The molecule has 1 aromatic rings. The molecule has 1 aliphatic carbocycles. The molecule has 0 unspecified atom stereocenters. The molecule has 1 N–H and O–H groups in total. The first-order valence-corrected chi connectivity index (χ1v) is 9.96. The SMILES string of the molecule is C=C1C[C@@H]2CCC(C)=C[C@H]2c2c(cc(CCCCC)c(C(=O)OC)c2O)O1. The van der Waals surface area contributed by atoms with E-state index < -0.39 is 5.97 Å². The topological polar surface area (TPSA) is 55.8 Å².